The number of nitrogens with zero attached hydrogens (tertiary/aromatic N) is 3. The quantitative estimate of drug-likeness (QED) is 0.758. The van der Waals surface area contributed by atoms with Crippen molar-refractivity contribution >= 4 is 11.8 Å². The van der Waals surface area contributed by atoms with Crippen molar-refractivity contribution in [3.05, 3.63) is 28.7 Å². The number of amides is 2. The molecule has 2 amide bonds. The van der Waals surface area contributed by atoms with E-state index in [4.69, 9.17) is 9.47 Å². The average molecular weight is 363 g/mol. The van der Waals surface area contributed by atoms with E-state index in [1.807, 2.05) is 0 Å². The number of rotatable bonds is 4. The number of hydrogen-bond acceptors (Lipinski definition) is 5. The highest BCUT2D eigenvalue weighted by Gasteiger charge is 2.30. The summed E-state index contributed by atoms with van der Waals surface area (Å²) in [5.74, 6) is 0.108. The normalized spacial score (nSPS) is 20.7. The zero-order valence-electron chi connectivity index (χ0n) is 15.1. The fourth-order valence-corrected chi connectivity index (χ4v) is 3.40. The van der Waals surface area contributed by atoms with E-state index in [-0.39, 0.29) is 35.8 Å². The van der Waals surface area contributed by atoms with Gasteiger partial charge in [-0.05, 0) is 31.4 Å². The fourth-order valence-electron chi connectivity index (χ4n) is 3.40. The van der Waals surface area contributed by atoms with Gasteiger partial charge in [0.1, 0.15) is 12.6 Å². The van der Waals surface area contributed by atoms with Crippen molar-refractivity contribution in [1.29, 1.82) is 0 Å². The second kappa shape index (κ2) is 8.35. The lowest BCUT2D eigenvalue weighted by atomic mass is 10.2. The van der Waals surface area contributed by atoms with E-state index in [0.29, 0.717) is 32.8 Å². The van der Waals surface area contributed by atoms with E-state index in [1.165, 1.54) is 11.7 Å². The number of pyridine rings is 1. The van der Waals surface area contributed by atoms with E-state index in [2.05, 4.69) is 0 Å². The van der Waals surface area contributed by atoms with E-state index in [1.54, 1.807) is 28.1 Å². The van der Waals surface area contributed by atoms with Crippen LogP contribution in [0.1, 0.15) is 19.3 Å². The molecule has 2 aliphatic heterocycles. The van der Waals surface area contributed by atoms with Gasteiger partial charge in [0.2, 0.25) is 5.91 Å². The molecule has 1 atom stereocenters. The number of aromatic nitrogens is 1. The van der Waals surface area contributed by atoms with Crippen LogP contribution in [-0.2, 0) is 20.9 Å². The molecule has 8 nitrogen and oxygen atoms in total. The molecule has 0 aromatic carbocycles. The zero-order valence-corrected chi connectivity index (χ0v) is 15.1. The molecule has 0 radical (unpaired) electrons. The van der Waals surface area contributed by atoms with Gasteiger partial charge in [-0.2, -0.15) is 0 Å². The Morgan fingerprint density at radius 1 is 1.19 bits per heavy atom. The number of hydrogen-bond donors (Lipinski definition) is 0. The van der Waals surface area contributed by atoms with Crippen molar-refractivity contribution in [2.24, 2.45) is 0 Å². The predicted octanol–water partition coefficient (Wildman–Crippen LogP) is 0.0968. The maximum absolute atomic E-state index is 12.6. The Labute approximate surface area is 152 Å². The highest BCUT2D eigenvalue weighted by molar-refractivity contribution is 5.81. The second-order valence-corrected chi connectivity index (χ2v) is 6.57. The third kappa shape index (κ3) is 4.07. The number of carbonyl (C=O) groups is 2. The molecule has 0 spiro atoms. The van der Waals surface area contributed by atoms with Crippen LogP contribution in [0.25, 0.3) is 0 Å². The number of methoxy groups -OCH3 is 1. The van der Waals surface area contributed by atoms with Crippen LogP contribution < -0.4 is 10.3 Å². The van der Waals surface area contributed by atoms with E-state index in [9.17, 15) is 14.4 Å². The zero-order chi connectivity index (χ0) is 18.5. The minimum Gasteiger partial charge on any atom is -0.491 e. The van der Waals surface area contributed by atoms with Gasteiger partial charge >= 0.3 is 0 Å². The molecule has 0 N–H and O–H groups in total. The van der Waals surface area contributed by atoms with Crippen molar-refractivity contribution in [3.8, 4) is 5.75 Å². The summed E-state index contributed by atoms with van der Waals surface area (Å²) in [6, 6.07) is 3.25. The van der Waals surface area contributed by atoms with E-state index in [0.717, 1.165) is 19.3 Å². The summed E-state index contributed by atoms with van der Waals surface area (Å²) in [6.07, 6.45) is 3.67. The molecule has 2 aliphatic rings. The smallest absolute Gasteiger partial charge is 0.293 e. The topological polar surface area (TPSA) is 81.1 Å². The molecule has 142 valence electrons. The van der Waals surface area contributed by atoms with Crippen molar-refractivity contribution < 1.29 is 19.1 Å². The van der Waals surface area contributed by atoms with Gasteiger partial charge in [-0.15, -0.1) is 0 Å². The van der Waals surface area contributed by atoms with Gasteiger partial charge in [-0.3, -0.25) is 14.4 Å². The van der Waals surface area contributed by atoms with Gasteiger partial charge in [0, 0.05) is 39.0 Å². The molecular weight excluding hydrogens is 338 g/mol. The third-order valence-electron chi connectivity index (χ3n) is 4.88. The van der Waals surface area contributed by atoms with Gasteiger partial charge in [-0.25, -0.2) is 0 Å². The molecule has 8 heteroatoms. The number of carbonyl (C=O) groups excluding carboxylic acids is 2. The largest absolute Gasteiger partial charge is 0.491 e. The minimum atomic E-state index is -0.326. The first-order valence-electron chi connectivity index (χ1n) is 9.02. The molecule has 2 fully saturated rings. The van der Waals surface area contributed by atoms with Gasteiger partial charge in [0.05, 0.1) is 7.11 Å². The van der Waals surface area contributed by atoms with E-state index >= 15 is 0 Å². The van der Waals surface area contributed by atoms with Gasteiger partial charge in [-0.1, -0.05) is 0 Å². The lowest BCUT2D eigenvalue weighted by molar-refractivity contribution is -0.141. The Morgan fingerprint density at radius 2 is 1.96 bits per heavy atom. The average Bonchev–Trinajstić information content (AvgIpc) is 3.07. The molecule has 3 rings (SSSR count). The summed E-state index contributed by atoms with van der Waals surface area (Å²) in [7, 11) is 1.43. The Morgan fingerprint density at radius 3 is 2.69 bits per heavy atom. The Kier molecular flexibility index (Phi) is 5.92. The SMILES string of the molecule is COc1cccn(CC(=O)N2CCCN(C(=O)[C@H]3CCCO3)CC2)c1=O. The van der Waals surface area contributed by atoms with Crippen LogP contribution in [0.15, 0.2) is 23.1 Å². The van der Waals surface area contributed by atoms with Crippen LogP contribution in [-0.4, -0.2) is 72.2 Å². The Bertz CT molecular complexity index is 711. The summed E-state index contributed by atoms with van der Waals surface area (Å²) >= 11 is 0. The minimum absolute atomic E-state index is 0.0285. The van der Waals surface area contributed by atoms with Crippen LogP contribution in [0.5, 0.6) is 5.75 Å². The van der Waals surface area contributed by atoms with Crippen LogP contribution in [0, 0.1) is 0 Å². The number of ether oxygens (including phenoxy) is 2. The molecule has 0 unspecified atom stereocenters. The summed E-state index contributed by atoms with van der Waals surface area (Å²) < 4.78 is 11.8. The van der Waals surface area contributed by atoms with Gasteiger partial charge < -0.3 is 23.8 Å². The maximum Gasteiger partial charge on any atom is 0.293 e. The van der Waals surface area contributed by atoms with Crippen molar-refractivity contribution in [3.63, 3.8) is 0 Å². The predicted molar refractivity (Wildman–Crippen MR) is 94.0 cm³/mol. The van der Waals surface area contributed by atoms with Crippen molar-refractivity contribution in [2.75, 3.05) is 39.9 Å². The van der Waals surface area contributed by atoms with Crippen LogP contribution in [0.2, 0.25) is 0 Å². The molecule has 0 bridgehead atoms. The highest BCUT2D eigenvalue weighted by atomic mass is 16.5. The van der Waals surface area contributed by atoms with Crippen molar-refractivity contribution in [2.45, 2.75) is 31.9 Å². The standard InChI is InChI=1S/C18H25N3O5/c1-25-14-5-2-7-21(17(14)23)13-16(22)19-8-4-9-20(11-10-19)18(24)15-6-3-12-26-15/h2,5,7,15H,3-4,6,8-13H2,1H3/t15-/m1/s1. The van der Waals surface area contributed by atoms with Crippen LogP contribution in [0.4, 0.5) is 0 Å². The van der Waals surface area contributed by atoms with Crippen LogP contribution in [0.3, 0.4) is 0 Å². The Balaban J connectivity index is 1.59. The molecule has 3 heterocycles. The third-order valence-corrected chi connectivity index (χ3v) is 4.88. The molecule has 2 saturated heterocycles. The maximum atomic E-state index is 12.6. The molecule has 1 aromatic rings. The molecule has 1 aromatic heterocycles. The molecule has 0 saturated carbocycles. The summed E-state index contributed by atoms with van der Waals surface area (Å²) in [5.41, 5.74) is -0.326. The highest BCUT2D eigenvalue weighted by Crippen LogP contribution is 2.16. The fraction of sp³-hybridized carbons (Fsp3) is 0.611. The first kappa shape index (κ1) is 18.4. The first-order valence-corrected chi connectivity index (χ1v) is 9.02. The summed E-state index contributed by atoms with van der Waals surface area (Å²) in [5, 5.41) is 0. The van der Waals surface area contributed by atoms with Gasteiger partial charge in [0.15, 0.2) is 5.75 Å². The first-order chi connectivity index (χ1) is 12.6. The summed E-state index contributed by atoms with van der Waals surface area (Å²) in [4.78, 5) is 40.8. The van der Waals surface area contributed by atoms with Gasteiger partial charge in [0.25, 0.3) is 11.5 Å². The lowest BCUT2D eigenvalue weighted by Crippen LogP contribution is -2.42. The summed E-state index contributed by atoms with van der Waals surface area (Å²) in [6.45, 7) is 2.78. The molecule has 26 heavy (non-hydrogen) atoms. The molecular formula is C18H25N3O5. The van der Waals surface area contributed by atoms with E-state index < -0.39 is 0 Å². The van der Waals surface area contributed by atoms with Crippen LogP contribution >= 0.6 is 0 Å². The monoisotopic (exact) mass is 363 g/mol. The Hall–Kier alpha value is -2.35. The van der Waals surface area contributed by atoms with Crippen molar-refractivity contribution in [1.82, 2.24) is 14.4 Å². The second-order valence-electron chi connectivity index (χ2n) is 6.57. The lowest BCUT2D eigenvalue weighted by Gasteiger charge is -2.24. The molecule has 0 aliphatic carbocycles.